The molecule has 4 rings (SSSR count). The number of hydrogen-bond acceptors (Lipinski definition) is 7. The number of nitrogens with zero attached hydrogens (tertiary/aromatic N) is 2. The van der Waals surface area contributed by atoms with Crippen molar-refractivity contribution < 1.29 is 29.0 Å². The standard InChI is InChI=1S/C31H32N2O6/c1-20-18-24(12-15-26(20)38-19-22-8-6-5-7-9-22)29(35)27-28(23-10-13-25(14-11-23)39-21(2)34)33(17-16-32(3)4)31(37)30(27)36/h5-15,18,28,35H,16-17,19H2,1-4H3/b29-27-. The van der Waals surface area contributed by atoms with Crippen LogP contribution in [-0.2, 0) is 21.0 Å². The third-order valence-electron chi connectivity index (χ3n) is 6.47. The smallest absolute Gasteiger partial charge is 0.308 e. The Kier molecular flexibility index (Phi) is 8.46. The van der Waals surface area contributed by atoms with E-state index in [4.69, 9.17) is 9.47 Å². The molecule has 1 saturated heterocycles. The lowest BCUT2D eigenvalue weighted by Gasteiger charge is -2.26. The molecule has 0 bridgehead atoms. The number of Topliss-reactive ketones (excluding diaryl/α,β-unsaturated/α-hetero) is 1. The second-order valence-corrected chi connectivity index (χ2v) is 9.71. The van der Waals surface area contributed by atoms with Gasteiger partial charge in [0.15, 0.2) is 0 Å². The summed E-state index contributed by atoms with van der Waals surface area (Å²) in [4.78, 5) is 41.1. The molecule has 1 fully saturated rings. The van der Waals surface area contributed by atoms with Crippen LogP contribution < -0.4 is 9.47 Å². The maximum Gasteiger partial charge on any atom is 0.308 e. The lowest BCUT2D eigenvalue weighted by molar-refractivity contribution is -0.140. The van der Waals surface area contributed by atoms with Crippen LogP contribution in [0.4, 0.5) is 0 Å². The molecule has 1 N–H and O–H groups in total. The van der Waals surface area contributed by atoms with Gasteiger partial charge in [0.25, 0.3) is 11.7 Å². The predicted octanol–water partition coefficient (Wildman–Crippen LogP) is 4.48. The van der Waals surface area contributed by atoms with E-state index >= 15 is 0 Å². The van der Waals surface area contributed by atoms with E-state index in [1.54, 1.807) is 42.5 Å². The van der Waals surface area contributed by atoms with Crippen LogP contribution in [0.2, 0.25) is 0 Å². The van der Waals surface area contributed by atoms with Gasteiger partial charge in [-0.2, -0.15) is 0 Å². The Balaban J connectivity index is 1.69. The molecule has 8 heteroatoms. The summed E-state index contributed by atoms with van der Waals surface area (Å²) in [5.41, 5.74) is 2.84. The minimum absolute atomic E-state index is 0.0105. The van der Waals surface area contributed by atoms with Crippen molar-refractivity contribution in [3.05, 3.63) is 101 Å². The summed E-state index contributed by atoms with van der Waals surface area (Å²) in [5, 5.41) is 11.4. The van der Waals surface area contributed by atoms with Crippen LogP contribution in [0.1, 0.15) is 35.2 Å². The molecule has 0 saturated carbocycles. The molecule has 1 aliphatic rings. The van der Waals surface area contributed by atoms with Gasteiger partial charge in [0, 0.05) is 25.6 Å². The Morgan fingerprint density at radius 2 is 1.69 bits per heavy atom. The van der Waals surface area contributed by atoms with E-state index in [1.807, 2.05) is 56.3 Å². The Morgan fingerprint density at radius 3 is 2.31 bits per heavy atom. The molecule has 0 aliphatic carbocycles. The van der Waals surface area contributed by atoms with Gasteiger partial charge < -0.3 is 24.4 Å². The van der Waals surface area contributed by atoms with Gasteiger partial charge in [-0.05, 0) is 68.0 Å². The maximum atomic E-state index is 13.3. The number of ether oxygens (including phenoxy) is 2. The molecule has 1 amide bonds. The summed E-state index contributed by atoms with van der Waals surface area (Å²) in [5.74, 6) is -1.13. The SMILES string of the molecule is CC(=O)Oc1ccc(C2/C(=C(/O)c3ccc(OCc4ccccc4)c(C)c3)C(=O)C(=O)N2CCN(C)C)cc1. The molecule has 1 atom stereocenters. The molecule has 1 unspecified atom stereocenters. The van der Waals surface area contributed by atoms with Crippen molar-refractivity contribution >= 4 is 23.4 Å². The highest BCUT2D eigenvalue weighted by Crippen LogP contribution is 2.40. The number of esters is 1. The van der Waals surface area contributed by atoms with Crippen molar-refractivity contribution in [3.8, 4) is 11.5 Å². The second kappa shape index (κ2) is 12.0. The zero-order valence-corrected chi connectivity index (χ0v) is 22.5. The topological polar surface area (TPSA) is 96.4 Å². The fourth-order valence-electron chi connectivity index (χ4n) is 4.50. The van der Waals surface area contributed by atoms with E-state index in [2.05, 4.69) is 0 Å². The molecule has 8 nitrogen and oxygen atoms in total. The van der Waals surface area contributed by atoms with Gasteiger partial charge in [0.1, 0.15) is 23.9 Å². The first-order chi connectivity index (χ1) is 18.7. The Morgan fingerprint density at radius 1 is 1.00 bits per heavy atom. The number of aryl methyl sites for hydroxylation is 1. The number of aliphatic hydroxyl groups is 1. The molecule has 0 radical (unpaired) electrons. The van der Waals surface area contributed by atoms with Crippen LogP contribution in [0.25, 0.3) is 5.76 Å². The third-order valence-corrected chi connectivity index (χ3v) is 6.47. The van der Waals surface area contributed by atoms with Gasteiger partial charge in [-0.3, -0.25) is 14.4 Å². The number of ketones is 1. The monoisotopic (exact) mass is 528 g/mol. The van der Waals surface area contributed by atoms with Crippen LogP contribution >= 0.6 is 0 Å². The molecule has 0 spiro atoms. The largest absolute Gasteiger partial charge is 0.507 e. The van der Waals surface area contributed by atoms with E-state index in [0.29, 0.717) is 35.8 Å². The summed E-state index contributed by atoms with van der Waals surface area (Å²) < 4.78 is 11.1. The summed E-state index contributed by atoms with van der Waals surface area (Å²) in [6, 6.07) is 20.7. The number of benzene rings is 3. The molecule has 202 valence electrons. The van der Waals surface area contributed by atoms with Gasteiger partial charge in [-0.25, -0.2) is 0 Å². The number of rotatable bonds is 9. The summed E-state index contributed by atoms with van der Waals surface area (Å²) in [6.45, 7) is 4.38. The van der Waals surface area contributed by atoms with Crippen LogP contribution in [-0.4, -0.2) is 59.8 Å². The maximum absolute atomic E-state index is 13.3. The fourth-order valence-corrected chi connectivity index (χ4v) is 4.50. The number of likely N-dealkylation sites (tertiary alicyclic amines) is 1. The number of hydrogen-bond donors (Lipinski definition) is 1. The Hall–Kier alpha value is -4.43. The molecular formula is C31H32N2O6. The van der Waals surface area contributed by atoms with E-state index in [0.717, 1.165) is 11.1 Å². The molecule has 39 heavy (non-hydrogen) atoms. The second-order valence-electron chi connectivity index (χ2n) is 9.71. The van der Waals surface area contributed by atoms with Crippen molar-refractivity contribution in [1.82, 2.24) is 9.80 Å². The van der Waals surface area contributed by atoms with Crippen LogP contribution in [0.15, 0.2) is 78.4 Å². The highest BCUT2D eigenvalue weighted by atomic mass is 16.5. The number of amides is 1. The van der Waals surface area contributed by atoms with Gasteiger partial charge in [0.05, 0.1) is 11.6 Å². The number of carbonyl (C=O) groups is 3. The Labute approximate surface area is 228 Å². The minimum Gasteiger partial charge on any atom is -0.507 e. The number of carbonyl (C=O) groups excluding carboxylic acids is 3. The predicted molar refractivity (Wildman–Crippen MR) is 147 cm³/mol. The van der Waals surface area contributed by atoms with Gasteiger partial charge in [-0.1, -0.05) is 42.5 Å². The van der Waals surface area contributed by atoms with E-state index in [1.165, 1.54) is 11.8 Å². The first-order valence-electron chi connectivity index (χ1n) is 12.6. The molecule has 1 aliphatic heterocycles. The molecular weight excluding hydrogens is 496 g/mol. The van der Waals surface area contributed by atoms with Crippen LogP contribution in [0.5, 0.6) is 11.5 Å². The van der Waals surface area contributed by atoms with Gasteiger partial charge in [0.2, 0.25) is 0 Å². The van der Waals surface area contributed by atoms with Gasteiger partial charge >= 0.3 is 5.97 Å². The zero-order valence-electron chi connectivity index (χ0n) is 22.5. The average molecular weight is 529 g/mol. The molecule has 0 aromatic heterocycles. The lowest BCUT2D eigenvalue weighted by atomic mass is 9.94. The summed E-state index contributed by atoms with van der Waals surface area (Å²) >= 11 is 0. The van der Waals surface area contributed by atoms with Crippen molar-refractivity contribution in [2.24, 2.45) is 0 Å². The van der Waals surface area contributed by atoms with E-state index < -0.39 is 23.7 Å². The first-order valence-corrected chi connectivity index (χ1v) is 12.6. The third kappa shape index (κ3) is 6.35. The highest BCUT2D eigenvalue weighted by molar-refractivity contribution is 6.46. The summed E-state index contributed by atoms with van der Waals surface area (Å²) in [6.07, 6.45) is 0. The number of likely N-dealkylation sites (N-methyl/N-ethyl adjacent to an activating group) is 1. The highest BCUT2D eigenvalue weighted by Gasteiger charge is 2.45. The lowest BCUT2D eigenvalue weighted by Crippen LogP contribution is -2.35. The Bertz CT molecular complexity index is 1400. The normalized spacial score (nSPS) is 16.5. The molecule has 3 aromatic rings. The van der Waals surface area contributed by atoms with Crippen molar-refractivity contribution in [2.45, 2.75) is 26.5 Å². The van der Waals surface area contributed by atoms with Gasteiger partial charge in [-0.15, -0.1) is 0 Å². The van der Waals surface area contributed by atoms with Crippen molar-refractivity contribution in [2.75, 3.05) is 27.2 Å². The summed E-state index contributed by atoms with van der Waals surface area (Å²) in [7, 11) is 3.76. The van der Waals surface area contributed by atoms with E-state index in [9.17, 15) is 19.5 Å². The van der Waals surface area contributed by atoms with E-state index in [-0.39, 0.29) is 17.9 Å². The van der Waals surface area contributed by atoms with Crippen LogP contribution in [0.3, 0.4) is 0 Å². The van der Waals surface area contributed by atoms with Crippen molar-refractivity contribution in [1.29, 1.82) is 0 Å². The van der Waals surface area contributed by atoms with Crippen LogP contribution in [0, 0.1) is 6.92 Å². The average Bonchev–Trinajstić information content (AvgIpc) is 3.16. The first kappa shape index (κ1) is 27.6. The zero-order chi connectivity index (χ0) is 28.1. The minimum atomic E-state index is -0.800. The number of aliphatic hydroxyl groups excluding tert-OH is 1. The molecule has 1 heterocycles. The molecule has 3 aromatic carbocycles. The fraction of sp³-hybridized carbons (Fsp3) is 0.258. The quantitative estimate of drug-likeness (QED) is 0.144. The van der Waals surface area contributed by atoms with Crippen molar-refractivity contribution in [3.63, 3.8) is 0 Å².